The molecule has 0 heterocycles. The first-order chi connectivity index (χ1) is 15.1. The smallest absolute Gasteiger partial charge is 0.151 e. The number of benzene rings is 4. The van der Waals surface area contributed by atoms with E-state index in [1.54, 1.807) is 25.3 Å². The van der Waals surface area contributed by atoms with Crippen molar-refractivity contribution in [3.05, 3.63) is 102 Å². The number of methoxy groups -OCH3 is 1. The van der Waals surface area contributed by atoms with E-state index in [0.717, 1.165) is 46.8 Å². The quantitative estimate of drug-likeness (QED) is 0.237. The Bertz CT molecular complexity index is 1260. The van der Waals surface area contributed by atoms with E-state index < -0.39 is 0 Å². The Morgan fingerprint density at radius 2 is 1.65 bits per heavy atom. The van der Waals surface area contributed by atoms with Crippen LogP contribution in [0.3, 0.4) is 0 Å². The molecule has 0 N–H and O–H groups in total. The average molecular weight is 410 g/mol. The van der Waals surface area contributed by atoms with Gasteiger partial charge in [-0.25, -0.2) is 4.39 Å². The Morgan fingerprint density at radius 3 is 2.32 bits per heavy atom. The lowest BCUT2D eigenvalue weighted by Gasteiger charge is -2.12. The summed E-state index contributed by atoms with van der Waals surface area (Å²) in [7, 11) is 1.60. The largest absolute Gasteiger partial charge is 0.497 e. The van der Waals surface area contributed by atoms with Gasteiger partial charge in [0.1, 0.15) is 11.6 Å². The molecular formula is C28H23FO2. The van der Waals surface area contributed by atoms with Gasteiger partial charge in [-0.3, -0.25) is 4.79 Å². The third-order valence-corrected chi connectivity index (χ3v) is 5.56. The number of hydrogen-bond acceptors (Lipinski definition) is 2. The molecule has 4 aromatic rings. The van der Waals surface area contributed by atoms with Crippen LogP contribution in [0.15, 0.2) is 85.5 Å². The third kappa shape index (κ3) is 4.13. The highest BCUT2D eigenvalue weighted by molar-refractivity contribution is 6.04. The molecule has 0 saturated carbocycles. The summed E-state index contributed by atoms with van der Waals surface area (Å²) in [6, 6.07) is 22.4. The number of aldehydes is 1. The predicted octanol–water partition coefficient (Wildman–Crippen LogP) is 7.25. The molecule has 3 heteroatoms. The maximum absolute atomic E-state index is 15.0. The highest BCUT2D eigenvalue weighted by Gasteiger charge is 2.13. The van der Waals surface area contributed by atoms with Crippen molar-refractivity contribution in [3.63, 3.8) is 0 Å². The molecule has 0 saturated heterocycles. The van der Waals surface area contributed by atoms with Crippen LogP contribution in [0, 0.1) is 5.82 Å². The average Bonchev–Trinajstić information content (AvgIpc) is 2.81. The molecule has 0 amide bonds. The minimum atomic E-state index is -0.334. The zero-order valence-corrected chi connectivity index (χ0v) is 17.4. The minimum Gasteiger partial charge on any atom is -0.497 e. The van der Waals surface area contributed by atoms with Crippen molar-refractivity contribution in [2.24, 2.45) is 0 Å². The molecular weight excluding hydrogens is 387 g/mol. The lowest BCUT2D eigenvalue weighted by molar-refractivity contribution is 0.112. The van der Waals surface area contributed by atoms with Gasteiger partial charge < -0.3 is 4.74 Å². The standard InChI is InChI=1S/C28H23FO2/c1-3-4-5-19-6-13-24-21(16-19)9-14-25(27(24)18-30)22-10-15-26(28(29)17-22)20-7-11-23(31-2)12-8-20/h3,6-18H,1,4-5H2,2H3. The van der Waals surface area contributed by atoms with Crippen LogP contribution in [0.25, 0.3) is 33.0 Å². The molecule has 154 valence electrons. The fourth-order valence-electron chi connectivity index (χ4n) is 3.89. The zero-order chi connectivity index (χ0) is 21.8. The van der Waals surface area contributed by atoms with Crippen molar-refractivity contribution in [2.45, 2.75) is 12.8 Å². The van der Waals surface area contributed by atoms with Crippen LogP contribution >= 0.6 is 0 Å². The number of carbonyl (C=O) groups excluding carboxylic acids is 1. The Morgan fingerprint density at radius 1 is 0.903 bits per heavy atom. The Balaban J connectivity index is 1.74. The normalized spacial score (nSPS) is 10.8. The number of ether oxygens (including phenoxy) is 1. The summed E-state index contributed by atoms with van der Waals surface area (Å²) >= 11 is 0. The first-order valence-electron chi connectivity index (χ1n) is 10.2. The minimum absolute atomic E-state index is 0.334. The van der Waals surface area contributed by atoms with Crippen LogP contribution in [0.2, 0.25) is 0 Å². The summed E-state index contributed by atoms with van der Waals surface area (Å²) in [4.78, 5) is 12.0. The number of rotatable bonds is 7. The summed E-state index contributed by atoms with van der Waals surface area (Å²) < 4.78 is 20.2. The van der Waals surface area contributed by atoms with Crippen molar-refractivity contribution in [1.29, 1.82) is 0 Å². The van der Waals surface area contributed by atoms with Gasteiger partial charge >= 0.3 is 0 Å². The van der Waals surface area contributed by atoms with E-state index >= 15 is 0 Å². The van der Waals surface area contributed by atoms with Crippen LogP contribution in [0.4, 0.5) is 4.39 Å². The fraction of sp³-hybridized carbons (Fsp3) is 0.107. The van der Waals surface area contributed by atoms with Gasteiger partial charge in [0, 0.05) is 11.1 Å². The fourth-order valence-corrected chi connectivity index (χ4v) is 3.89. The maximum Gasteiger partial charge on any atom is 0.151 e. The molecule has 0 spiro atoms. The highest BCUT2D eigenvalue weighted by atomic mass is 19.1. The predicted molar refractivity (Wildman–Crippen MR) is 125 cm³/mol. The van der Waals surface area contributed by atoms with E-state index in [1.165, 1.54) is 11.6 Å². The first-order valence-corrected chi connectivity index (χ1v) is 10.2. The summed E-state index contributed by atoms with van der Waals surface area (Å²) in [6.45, 7) is 3.77. The molecule has 0 aliphatic carbocycles. The molecule has 31 heavy (non-hydrogen) atoms. The summed E-state index contributed by atoms with van der Waals surface area (Å²) in [5.41, 5.74) is 4.45. The SMILES string of the molecule is C=CCCc1ccc2c(C=O)c(-c3ccc(-c4ccc(OC)cc4)c(F)c3)ccc2c1. The lowest BCUT2D eigenvalue weighted by Crippen LogP contribution is -1.93. The van der Waals surface area contributed by atoms with Gasteiger partial charge in [0.15, 0.2) is 6.29 Å². The van der Waals surface area contributed by atoms with Crippen molar-refractivity contribution in [1.82, 2.24) is 0 Å². The maximum atomic E-state index is 15.0. The first kappa shape index (κ1) is 20.5. The van der Waals surface area contributed by atoms with Gasteiger partial charge in [0.05, 0.1) is 7.11 Å². The van der Waals surface area contributed by atoms with E-state index in [2.05, 4.69) is 12.6 Å². The molecule has 0 atom stereocenters. The topological polar surface area (TPSA) is 26.3 Å². The number of halogens is 1. The van der Waals surface area contributed by atoms with Crippen LogP contribution in [-0.4, -0.2) is 13.4 Å². The Hall–Kier alpha value is -3.72. The second-order valence-corrected chi connectivity index (χ2v) is 7.45. The van der Waals surface area contributed by atoms with Gasteiger partial charge in [-0.15, -0.1) is 6.58 Å². The number of hydrogen-bond donors (Lipinski definition) is 0. The van der Waals surface area contributed by atoms with Crippen molar-refractivity contribution in [2.75, 3.05) is 7.11 Å². The summed E-state index contributed by atoms with van der Waals surface area (Å²) in [5.74, 6) is 0.389. The van der Waals surface area contributed by atoms with Gasteiger partial charge in [-0.05, 0) is 64.1 Å². The molecule has 0 unspecified atom stereocenters. The second-order valence-electron chi connectivity index (χ2n) is 7.45. The Kier molecular flexibility index (Phi) is 5.94. The molecule has 0 bridgehead atoms. The Labute approximate surface area is 181 Å². The molecule has 0 fully saturated rings. The van der Waals surface area contributed by atoms with Gasteiger partial charge in [0.25, 0.3) is 0 Å². The number of carbonyl (C=O) groups is 1. The third-order valence-electron chi connectivity index (χ3n) is 5.56. The molecule has 0 aromatic heterocycles. The van der Waals surface area contributed by atoms with Gasteiger partial charge in [-0.2, -0.15) is 0 Å². The van der Waals surface area contributed by atoms with Crippen LogP contribution in [-0.2, 0) is 6.42 Å². The van der Waals surface area contributed by atoms with Gasteiger partial charge in [-0.1, -0.05) is 60.7 Å². The van der Waals surface area contributed by atoms with Crippen molar-refractivity contribution >= 4 is 17.1 Å². The van der Waals surface area contributed by atoms with Crippen LogP contribution in [0.5, 0.6) is 5.75 Å². The molecule has 0 aliphatic heterocycles. The van der Waals surface area contributed by atoms with Crippen molar-refractivity contribution < 1.29 is 13.9 Å². The van der Waals surface area contributed by atoms with Crippen LogP contribution in [0.1, 0.15) is 22.3 Å². The summed E-state index contributed by atoms with van der Waals surface area (Å²) in [6.07, 6.45) is 4.57. The zero-order valence-electron chi connectivity index (χ0n) is 17.4. The number of fused-ring (bicyclic) bond motifs is 1. The van der Waals surface area contributed by atoms with E-state index in [1.807, 2.05) is 48.5 Å². The monoisotopic (exact) mass is 410 g/mol. The van der Waals surface area contributed by atoms with Gasteiger partial charge in [0.2, 0.25) is 0 Å². The summed E-state index contributed by atoms with van der Waals surface area (Å²) in [5, 5.41) is 1.87. The molecule has 4 rings (SSSR count). The second kappa shape index (κ2) is 8.97. The van der Waals surface area contributed by atoms with Crippen molar-refractivity contribution in [3.8, 4) is 28.0 Å². The molecule has 4 aromatic carbocycles. The molecule has 0 radical (unpaired) electrons. The number of allylic oxidation sites excluding steroid dienone is 1. The van der Waals surface area contributed by atoms with E-state index in [9.17, 15) is 9.18 Å². The lowest BCUT2D eigenvalue weighted by atomic mass is 9.92. The highest BCUT2D eigenvalue weighted by Crippen LogP contribution is 2.33. The van der Waals surface area contributed by atoms with E-state index in [4.69, 9.17) is 4.74 Å². The van der Waals surface area contributed by atoms with E-state index in [-0.39, 0.29) is 5.82 Å². The van der Waals surface area contributed by atoms with E-state index in [0.29, 0.717) is 16.7 Å². The molecule has 2 nitrogen and oxygen atoms in total. The molecule has 0 aliphatic rings. The number of aryl methyl sites for hydroxylation is 1. The van der Waals surface area contributed by atoms with Crippen LogP contribution < -0.4 is 4.74 Å².